The van der Waals surface area contributed by atoms with Crippen LogP contribution in [0.5, 0.6) is 0 Å². The van der Waals surface area contributed by atoms with E-state index in [1.807, 2.05) is 20.0 Å². The van der Waals surface area contributed by atoms with Crippen LogP contribution in [0.25, 0.3) is 10.9 Å². The van der Waals surface area contributed by atoms with Crippen LogP contribution in [0.1, 0.15) is 53.0 Å². The summed E-state index contributed by atoms with van der Waals surface area (Å²) in [5, 5.41) is 1.32. The van der Waals surface area contributed by atoms with Crippen LogP contribution in [-0.2, 0) is 19.4 Å². The number of hydrogen-bond acceptors (Lipinski definition) is 4. The highest BCUT2D eigenvalue weighted by Crippen LogP contribution is 2.35. The van der Waals surface area contributed by atoms with Crippen molar-refractivity contribution in [1.82, 2.24) is 14.5 Å². The van der Waals surface area contributed by atoms with Crippen molar-refractivity contribution in [3.63, 3.8) is 0 Å². The van der Waals surface area contributed by atoms with Crippen molar-refractivity contribution >= 4 is 47.3 Å². The van der Waals surface area contributed by atoms with Crippen molar-refractivity contribution in [2.24, 2.45) is 5.92 Å². The molecular formula is C28H38Cl2N4O. The maximum Gasteiger partial charge on any atom is 0.165 e. The average Bonchev–Trinajstić information content (AvgIpc) is 3.09. The van der Waals surface area contributed by atoms with Gasteiger partial charge in [0.2, 0.25) is 0 Å². The molecule has 1 aromatic carbocycles. The lowest BCUT2D eigenvalue weighted by atomic mass is 9.93. The summed E-state index contributed by atoms with van der Waals surface area (Å²) < 4.78 is 2.51. The fraction of sp³-hybridized carbons (Fsp3) is 0.500. The number of nitrogens with zero attached hydrogens (tertiary/aromatic N) is 4. The zero-order valence-electron chi connectivity index (χ0n) is 21.3. The molecule has 3 aromatic rings. The Morgan fingerprint density at radius 1 is 1.03 bits per heavy atom. The molecule has 0 aliphatic carbocycles. The SMILES string of the molecule is Cc1ccnc(N2CCN(CCc3c(C)n4c5c(cc(C(=O)C(C)C)cc35)CCC4)CC2)c1.Cl.Cl. The van der Waals surface area contributed by atoms with E-state index in [1.165, 1.54) is 33.3 Å². The third-order valence-electron chi connectivity index (χ3n) is 7.54. The van der Waals surface area contributed by atoms with Gasteiger partial charge in [0.1, 0.15) is 5.82 Å². The monoisotopic (exact) mass is 516 g/mol. The molecule has 0 radical (unpaired) electrons. The predicted molar refractivity (Wildman–Crippen MR) is 150 cm³/mol. The van der Waals surface area contributed by atoms with Crippen LogP contribution in [0.4, 0.5) is 5.82 Å². The van der Waals surface area contributed by atoms with Gasteiger partial charge in [-0.25, -0.2) is 4.98 Å². The number of carbonyl (C=O) groups excluding carboxylic acids is 1. The van der Waals surface area contributed by atoms with Gasteiger partial charge in [-0.05, 0) is 74.1 Å². The van der Waals surface area contributed by atoms with Gasteiger partial charge in [0.15, 0.2) is 5.78 Å². The third-order valence-corrected chi connectivity index (χ3v) is 7.54. The van der Waals surface area contributed by atoms with Gasteiger partial charge in [0.25, 0.3) is 0 Å². The van der Waals surface area contributed by atoms with Crippen LogP contribution in [0.15, 0.2) is 30.5 Å². The van der Waals surface area contributed by atoms with Crippen LogP contribution >= 0.6 is 24.8 Å². The lowest BCUT2D eigenvalue weighted by molar-refractivity contribution is 0.0939. The van der Waals surface area contributed by atoms with Gasteiger partial charge >= 0.3 is 0 Å². The van der Waals surface area contributed by atoms with Crippen LogP contribution in [0.3, 0.4) is 0 Å². The first-order valence-electron chi connectivity index (χ1n) is 12.5. The smallest absolute Gasteiger partial charge is 0.165 e. The zero-order valence-corrected chi connectivity index (χ0v) is 23.0. The number of hydrogen-bond donors (Lipinski definition) is 0. The van der Waals surface area contributed by atoms with E-state index in [1.54, 1.807) is 0 Å². The first-order valence-corrected chi connectivity index (χ1v) is 12.5. The van der Waals surface area contributed by atoms with Gasteiger partial charge in [-0.3, -0.25) is 9.69 Å². The summed E-state index contributed by atoms with van der Waals surface area (Å²) in [6, 6.07) is 8.60. The highest BCUT2D eigenvalue weighted by molar-refractivity contribution is 6.02. The van der Waals surface area contributed by atoms with E-state index in [0.717, 1.165) is 69.9 Å². The van der Waals surface area contributed by atoms with Crippen LogP contribution in [0, 0.1) is 19.8 Å². The van der Waals surface area contributed by atoms with Crippen molar-refractivity contribution in [3.8, 4) is 0 Å². The summed E-state index contributed by atoms with van der Waals surface area (Å²) in [7, 11) is 0. The minimum Gasteiger partial charge on any atom is -0.354 e. The third kappa shape index (κ3) is 5.37. The molecule has 7 heteroatoms. The summed E-state index contributed by atoms with van der Waals surface area (Å²) in [4.78, 5) is 22.4. The minimum atomic E-state index is 0. The molecule has 0 bridgehead atoms. The van der Waals surface area contributed by atoms with Gasteiger partial charge in [-0.2, -0.15) is 0 Å². The number of ketones is 1. The average molecular weight is 518 g/mol. The number of aromatic nitrogens is 2. The summed E-state index contributed by atoms with van der Waals surface area (Å²) in [5.74, 6) is 1.39. The maximum atomic E-state index is 12.8. The van der Waals surface area contributed by atoms with Crippen LogP contribution in [0.2, 0.25) is 0 Å². The Hall–Kier alpha value is -2.08. The van der Waals surface area contributed by atoms with E-state index in [2.05, 4.69) is 57.5 Å². The van der Waals surface area contributed by atoms with Crippen molar-refractivity contribution in [3.05, 3.63) is 58.4 Å². The van der Waals surface area contributed by atoms with Crippen LogP contribution in [-0.4, -0.2) is 53.0 Å². The molecule has 2 aromatic heterocycles. The molecule has 1 fully saturated rings. The zero-order chi connectivity index (χ0) is 23.1. The standard InChI is InChI=1S/C28H36N4O.2ClH/c1-19(2)28(33)23-17-22-6-5-10-32-21(4)24(25(18-23)27(22)32)8-11-30-12-14-31(15-13-30)26-16-20(3)7-9-29-26;;/h7,9,16-19H,5-6,8,10-15H2,1-4H3;2*1H. The number of carbonyl (C=O) groups is 1. The normalized spacial score (nSPS) is 15.7. The Morgan fingerprint density at radius 2 is 1.77 bits per heavy atom. The number of piperazine rings is 1. The number of anilines is 1. The summed E-state index contributed by atoms with van der Waals surface area (Å²) in [6.07, 6.45) is 5.18. The maximum absolute atomic E-state index is 12.8. The van der Waals surface area contributed by atoms with E-state index < -0.39 is 0 Å². The second-order valence-corrected chi connectivity index (χ2v) is 10.1. The number of halogens is 2. The Labute approximate surface area is 221 Å². The first-order chi connectivity index (χ1) is 15.9. The topological polar surface area (TPSA) is 41.4 Å². The fourth-order valence-electron chi connectivity index (χ4n) is 5.62. The quantitative estimate of drug-likeness (QED) is 0.397. The highest BCUT2D eigenvalue weighted by atomic mass is 35.5. The number of rotatable bonds is 6. The second-order valence-electron chi connectivity index (χ2n) is 10.1. The van der Waals surface area contributed by atoms with Gasteiger partial charge in [-0.1, -0.05) is 13.8 Å². The largest absolute Gasteiger partial charge is 0.354 e. The second kappa shape index (κ2) is 11.3. The van der Waals surface area contributed by atoms with E-state index in [-0.39, 0.29) is 36.5 Å². The molecule has 0 atom stereocenters. The molecule has 0 amide bonds. The number of aryl methyl sites for hydroxylation is 3. The summed E-state index contributed by atoms with van der Waals surface area (Å²) >= 11 is 0. The molecule has 0 unspecified atom stereocenters. The molecule has 0 spiro atoms. The summed E-state index contributed by atoms with van der Waals surface area (Å²) in [5.41, 5.74) is 7.73. The highest BCUT2D eigenvalue weighted by Gasteiger charge is 2.24. The van der Waals surface area contributed by atoms with Gasteiger partial charge in [0, 0.05) is 68.0 Å². The molecule has 5 rings (SSSR count). The van der Waals surface area contributed by atoms with Gasteiger partial charge in [-0.15, -0.1) is 24.8 Å². The molecule has 2 aliphatic heterocycles. The molecule has 0 N–H and O–H groups in total. The lowest BCUT2D eigenvalue weighted by Crippen LogP contribution is -2.47. The molecule has 190 valence electrons. The van der Waals surface area contributed by atoms with Gasteiger partial charge in [0.05, 0.1) is 5.52 Å². The molecule has 5 nitrogen and oxygen atoms in total. The molecule has 1 saturated heterocycles. The summed E-state index contributed by atoms with van der Waals surface area (Å²) in [6.45, 7) is 14.7. The van der Waals surface area contributed by atoms with Crippen molar-refractivity contribution in [2.75, 3.05) is 37.6 Å². The Balaban J connectivity index is 0.00000171. The molecule has 4 heterocycles. The number of Topliss-reactive ketones (excluding diaryl/α,β-unsaturated/α-hetero) is 1. The Bertz CT molecular complexity index is 1200. The lowest BCUT2D eigenvalue weighted by Gasteiger charge is -2.35. The van der Waals surface area contributed by atoms with Crippen molar-refractivity contribution in [2.45, 2.75) is 53.5 Å². The van der Waals surface area contributed by atoms with Crippen molar-refractivity contribution < 1.29 is 4.79 Å². The van der Waals surface area contributed by atoms with E-state index in [0.29, 0.717) is 0 Å². The Kier molecular flexibility index (Phi) is 8.90. The van der Waals surface area contributed by atoms with Gasteiger partial charge < -0.3 is 9.47 Å². The fourth-order valence-corrected chi connectivity index (χ4v) is 5.62. The molecule has 2 aliphatic rings. The predicted octanol–water partition coefficient (Wildman–Crippen LogP) is 5.65. The molecule has 35 heavy (non-hydrogen) atoms. The van der Waals surface area contributed by atoms with E-state index in [4.69, 9.17) is 0 Å². The first kappa shape index (κ1) is 27.5. The van der Waals surface area contributed by atoms with Crippen molar-refractivity contribution in [1.29, 1.82) is 0 Å². The van der Waals surface area contributed by atoms with Crippen LogP contribution < -0.4 is 4.90 Å². The minimum absolute atomic E-state index is 0. The molecular weight excluding hydrogens is 479 g/mol. The number of benzene rings is 1. The van der Waals surface area contributed by atoms with E-state index >= 15 is 0 Å². The van der Waals surface area contributed by atoms with E-state index in [9.17, 15) is 4.79 Å². The molecule has 0 saturated carbocycles. The number of pyridine rings is 1. The Morgan fingerprint density at radius 3 is 2.46 bits per heavy atom.